The molecule has 2 fully saturated rings. The van der Waals surface area contributed by atoms with Gasteiger partial charge in [0.15, 0.2) is 0 Å². The van der Waals surface area contributed by atoms with Crippen LogP contribution in [0.5, 0.6) is 0 Å². The Morgan fingerprint density at radius 3 is 2.83 bits per heavy atom. The first kappa shape index (κ1) is 14.3. The minimum Gasteiger partial charge on any atom is -0.375 e. The molecule has 3 heteroatoms. The van der Waals surface area contributed by atoms with Crippen LogP contribution < -0.4 is 5.32 Å². The monoisotopic (exact) mass is 254 g/mol. The highest BCUT2D eigenvalue weighted by molar-refractivity contribution is 4.89. The van der Waals surface area contributed by atoms with E-state index in [0.717, 1.165) is 25.7 Å². The van der Waals surface area contributed by atoms with Gasteiger partial charge in [-0.3, -0.25) is 4.90 Å². The highest BCUT2D eigenvalue weighted by Gasteiger charge is 2.35. The zero-order valence-electron chi connectivity index (χ0n) is 12.4. The lowest BCUT2D eigenvalue weighted by Crippen LogP contribution is -2.48. The Kier molecular flexibility index (Phi) is 5.05. The molecular formula is C15H30N2O. The van der Waals surface area contributed by atoms with Crippen LogP contribution in [0.1, 0.15) is 52.9 Å². The van der Waals surface area contributed by atoms with Gasteiger partial charge in [0.2, 0.25) is 0 Å². The third-order valence-electron chi connectivity index (χ3n) is 4.12. The van der Waals surface area contributed by atoms with E-state index in [1.165, 1.54) is 38.6 Å². The van der Waals surface area contributed by atoms with E-state index in [1.54, 1.807) is 0 Å². The van der Waals surface area contributed by atoms with E-state index < -0.39 is 0 Å². The first-order valence-corrected chi connectivity index (χ1v) is 7.67. The van der Waals surface area contributed by atoms with Gasteiger partial charge in [0.1, 0.15) is 0 Å². The second kappa shape index (κ2) is 6.36. The van der Waals surface area contributed by atoms with Gasteiger partial charge in [-0.15, -0.1) is 0 Å². The van der Waals surface area contributed by atoms with Gasteiger partial charge in [-0.1, -0.05) is 0 Å². The number of nitrogens with zero attached hydrogens (tertiary/aromatic N) is 1. The van der Waals surface area contributed by atoms with Crippen LogP contribution in [0.4, 0.5) is 0 Å². The first-order chi connectivity index (χ1) is 8.56. The van der Waals surface area contributed by atoms with E-state index in [-0.39, 0.29) is 5.54 Å². The van der Waals surface area contributed by atoms with Gasteiger partial charge < -0.3 is 10.1 Å². The third kappa shape index (κ3) is 4.22. The Morgan fingerprint density at radius 2 is 2.06 bits per heavy atom. The van der Waals surface area contributed by atoms with Crippen LogP contribution in [-0.2, 0) is 4.74 Å². The summed E-state index contributed by atoms with van der Waals surface area (Å²) in [6, 6.07) is 0.731. The highest BCUT2D eigenvalue weighted by atomic mass is 16.5. The number of ether oxygens (including phenoxy) is 1. The van der Waals surface area contributed by atoms with Crippen LogP contribution >= 0.6 is 0 Å². The highest BCUT2D eigenvalue weighted by Crippen LogP contribution is 2.29. The number of nitrogens with one attached hydrogen (secondary N) is 1. The molecule has 2 aliphatic rings. The Morgan fingerprint density at radius 1 is 1.22 bits per heavy atom. The maximum atomic E-state index is 5.85. The molecule has 1 heterocycles. The van der Waals surface area contributed by atoms with Crippen molar-refractivity contribution in [1.29, 1.82) is 0 Å². The molecule has 1 aliphatic heterocycles. The summed E-state index contributed by atoms with van der Waals surface area (Å²) in [5, 5.41) is 3.56. The maximum Gasteiger partial charge on any atom is 0.0730 e. The summed E-state index contributed by atoms with van der Waals surface area (Å²) >= 11 is 0. The third-order valence-corrected chi connectivity index (χ3v) is 4.12. The summed E-state index contributed by atoms with van der Waals surface area (Å²) < 4.78 is 5.85. The van der Waals surface area contributed by atoms with Crippen molar-refractivity contribution in [2.45, 2.75) is 70.6 Å². The van der Waals surface area contributed by atoms with E-state index >= 15 is 0 Å². The van der Waals surface area contributed by atoms with Crippen LogP contribution in [0.25, 0.3) is 0 Å². The number of morpholine rings is 1. The first-order valence-electron chi connectivity index (χ1n) is 7.67. The van der Waals surface area contributed by atoms with Crippen molar-refractivity contribution < 1.29 is 4.74 Å². The molecule has 0 bridgehead atoms. The average molecular weight is 254 g/mol. The molecule has 0 radical (unpaired) electrons. The zero-order valence-corrected chi connectivity index (χ0v) is 12.4. The molecule has 2 rings (SSSR count). The molecule has 0 aromatic carbocycles. The van der Waals surface area contributed by atoms with Crippen molar-refractivity contribution in [3.05, 3.63) is 0 Å². The summed E-state index contributed by atoms with van der Waals surface area (Å²) in [6.07, 6.45) is 7.14. The molecule has 0 aromatic rings. The van der Waals surface area contributed by atoms with Crippen LogP contribution in [-0.4, -0.2) is 48.8 Å². The number of unbranched alkanes of at least 4 members (excludes halogenated alkanes) is 1. The molecule has 0 aromatic heterocycles. The second-order valence-electron chi connectivity index (χ2n) is 6.83. The van der Waals surface area contributed by atoms with E-state index in [1.807, 2.05) is 0 Å². The summed E-state index contributed by atoms with van der Waals surface area (Å²) in [5.41, 5.74) is 0.259. The SMILES string of the molecule is CC(C)(C)NCCCCN1CCOC2CCCC21. The van der Waals surface area contributed by atoms with Crippen molar-refractivity contribution in [2.24, 2.45) is 0 Å². The van der Waals surface area contributed by atoms with Gasteiger partial charge >= 0.3 is 0 Å². The lowest BCUT2D eigenvalue weighted by molar-refractivity contribution is -0.0558. The van der Waals surface area contributed by atoms with Gasteiger partial charge in [0.25, 0.3) is 0 Å². The predicted octanol–water partition coefficient (Wildman–Crippen LogP) is 2.41. The number of rotatable bonds is 5. The molecule has 1 aliphatic carbocycles. The second-order valence-corrected chi connectivity index (χ2v) is 6.83. The lowest BCUT2D eigenvalue weighted by atomic mass is 10.1. The lowest BCUT2D eigenvalue weighted by Gasteiger charge is -2.37. The van der Waals surface area contributed by atoms with Crippen LogP contribution in [0.2, 0.25) is 0 Å². The minimum absolute atomic E-state index is 0.259. The van der Waals surface area contributed by atoms with E-state index in [9.17, 15) is 0 Å². The minimum atomic E-state index is 0.259. The van der Waals surface area contributed by atoms with Gasteiger partial charge in [0.05, 0.1) is 12.7 Å². The molecule has 1 N–H and O–H groups in total. The molecule has 0 amide bonds. The van der Waals surface area contributed by atoms with Crippen molar-refractivity contribution in [3.63, 3.8) is 0 Å². The van der Waals surface area contributed by atoms with E-state index in [2.05, 4.69) is 31.0 Å². The quantitative estimate of drug-likeness (QED) is 0.763. The fourth-order valence-electron chi connectivity index (χ4n) is 3.19. The number of hydrogen-bond donors (Lipinski definition) is 1. The standard InChI is InChI=1S/C15H30N2O/c1-15(2,3)16-9-4-5-10-17-11-12-18-14-8-6-7-13(14)17/h13-14,16H,4-12H2,1-3H3. The van der Waals surface area contributed by atoms with Crippen LogP contribution in [0.15, 0.2) is 0 Å². The number of hydrogen-bond acceptors (Lipinski definition) is 3. The molecule has 18 heavy (non-hydrogen) atoms. The fraction of sp³-hybridized carbons (Fsp3) is 1.00. The summed E-state index contributed by atoms with van der Waals surface area (Å²) in [5.74, 6) is 0. The average Bonchev–Trinajstić information content (AvgIpc) is 2.75. The van der Waals surface area contributed by atoms with Crippen molar-refractivity contribution in [3.8, 4) is 0 Å². The molecular weight excluding hydrogens is 224 g/mol. The smallest absolute Gasteiger partial charge is 0.0730 e. The Balaban J connectivity index is 1.61. The molecule has 106 valence electrons. The van der Waals surface area contributed by atoms with Gasteiger partial charge in [-0.25, -0.2) is 0 Å². The molecule has 3 nitrogen and oxygen atoms in total. The zero-order chi connectivity index (χ0) is 13.0. The summed E-state index contributed by atoms with van der Waals surface area (Å²) in [4.78, 5) is 2.68. The molecule has 2 unspecified atom stereocenters. The van der Waals surface area contributed by atoms with E-state index in [4.69, 9.17) is 4.74 Å². The van der Waals surface area contributed by atoms with Crippen molar-refractivity contribution in [1.82, 2.24) is 10.2 Å². The molecule has 2 atom stereocenters. The molecule has 0 spiro atoms. The Bertz CT molecular complexity index is 249. The Hall–Kier alpha value is -0.120. The van der Waals surface area contributed by atoms with Gasteiger partial charge in [-0.05, 0) is 66.0 Å². The largest absolute Gasteiger partial charge is 0.375 e. The van der Waals surface area contributed by atoms with Crippen molar-refractivity contribution in [2.75, 3.05) is 26.2 Å². The van der Waals surface area contributed by atoms with Gasteiger partial charge in [0, 0.05) is 18.1 Å². The summed E-state index contributed by atoms with van der Waals surface area (Å²) in [7, 11) is 0. The topological polar surface area (TPSA) is 24.5 Å². The fourth-order valence-corrected chi connectivity index (χ4v) is 3.19. The number of fused-ring (bicyclic) bond motifs is 1. The summed E-state index contributed by atoms with van der Waals surface area (Å²) in [6.45, 7) is 11.2. The Labute approximate surface area is 112 Å². The van der Waals surface area contributed by atoms with Crippen molar-refractivity contribution >= 4 is 0 Å². The molecule has 1 saturated heterocycles. The molecule has 1 saturated carbocycles. The van der Waals surface area contributed by atoms with E-state index in [0.29, 0.717) is 6.10 Å². The maximum absolute atomic E-state index is 5.85. The predicted molar refractivity (Wildman–Crippen MR) is 75.9 cm³/mol. The normalized spacial score (nSPS) is 29.5. The van der Waals surface area contributed by atoms with Crippen LogP contribution in [0, 0.1) is 0 Å². The van der Waals surface area contributed by atoms with Gasteiger partial charge in [-0.2, -0.15) is 0 Å². The van der Waals surface area contributed by atoms with Crippen LogP contribution in [0.3, 0.4) is 0 Å².